The van der Waals surface area contributed by atoms with Gasteiger partial charge in [-0.3, -0.25) is 0 Å². The van der Waals surface area contributed by atoms with Crippen LogP contribution in [0.4, 0.5) is 0 Å². The summed E-state index contributed by atoms with van der Waals surface area (Å²) in [4.78, 5) is 0. The average molecular weight is 268 g/mol. The SMILES string of the molecule is CCCCCCCCCc1ccccc1O.[NaH].[NaH]. The van der Waals surface area contributed by atoms with Gasteiger partial charge < -0.3 is 5.11 Å². The first kappa shape index (κ1) is 21.3. The van der Waals surface area contributed by atoms with Crippen molar-refractivity contribution in [3.63, 3.8) is 0 Å². The summed E-state index contributed by atoms with van der Waals surface area (Å²) >= 11 is 0. The molecule has 0 amide bonds. The third-order valence-electron chi connectivity index (χ3n) is 3.04. The Morgan fingerprint density at radius 3 is 2.00 bits per heavy atom. The molecule has 18 heavy (non-hydrogen) atoms. The van der Waals surface area contributed by atoms with Crippen molar-refractivity contribution in [2.75, 3.05) is 0 Å². The van der Waals surface area contributed by atoms with Crippen LogP contribution in [0.25, 0.3) is 0 Å². The van der Waals surface area contributed by atoms with E-state index in [1.165, 1.54) is 44.9 Å². The van der Waals surface area contributed by atoms with E-state index in [-0.39, 0.29) is 59.1 Å². The second-order valence-corrected chi connectivity index (χ2v) is 4.50. The van der Waals surface area contributed by atoms with Crippen LogP contribution < -0.4 is 0 Å². The molecule has 1 nitrogen and oxygen atoms in total. The topological polar surface area (TPSA) is 20.2 Å². The Bertz CT molecular complexity index is 290. The molecule has 0 unspecified atom stereocenters. The fourth-order valence-corrected chi connectivity index (χ4v) is 1.99. The summed E-state index contributed by atoms with van der Waals surface area (Å²) in [5.74, 6) is 0.452. The summed E-state index contributed by atoms with van der Waals surface area (Å²) in [6.07, 6.45) is 10.3. The fraction of sp³-hybridized carbons (Fsp3) is 0.600. The van der Waals surface area contributed by atoms with E-state index >= 15 is 0 Å². The number of unbranched alkanes of at least 4 members (excludes halogenated alkanes) is 6. The Hall–Kier alpha value is 1.02. The normalized spacial score (nSPS) is 9.39. The number of aromatic hydroxyl groups is 1. The van der Waals surface area contributed by atoms with E-state index in [1.807, 2.05) is 18.2 Å². The van der Waals surface area contributed by atoms with E-state index in [2.05, 4.69) is 6.92 Å². The summed E-state index contributed by atoms with van der Waals surface area (Å²) < 4.78 is 0. The fourth-order valence-electron chi connectivity index (χ4n) is 1.99. The molecular weight excluding hydrogens is 242 g/mol. The number of hydrogen-bond acceptors (Lipinski definition) is 1. The predicted octanol–water partition coefficient (Wildman–Crippen LogP) is 3.39. The zero-order chi connectivity index (χ0) is 11.6. The molecule has 1 aromatic rings. The summed E-state index contributed by atoms with van der Waals surface area (Å²) in [6, 6.07) is 7.67. The molecule has 3 heteroatoms. The van der Waals surface area contributed by atoms with Crippen LogP contribution in [0.15, 0.2) is 24.3 Å². The molecule has 0 radical (unpaired) electrons. The molecule has 1 N–H and O–H groups in total. The van der Waals surface area contributed by atoms with Crippen LogP contribution in [0.2, 0.25) is 0 Å². The Balaban J connectivity index is 0. The third-order valence-corrected chi connectivity index (χ3v) is 3.04. The van der Waals surface area contributed by atoms with Crippen LogP contribution in [0.3, 0.4) is 0 Å². The first-order valence-corrected chi connectivity index (χ1v) is 6.61. The minimum atomic E-state index is 0. The second kappa shape index (κ2) is 14.4. The van der Waals surface area contributed by atoms with Crippen molar-refractivity contribution < 1.29 is 5.11 Å². The van der Waals surface area contributed by atoms with E-state index < -0.39 is 0 Å². The quantitative estimate of drug-likeness (QED) is 0.566. The molecule has 0 aliphatic heterocycles. The van der Waals surface area contributed by atoms with Gasteiger partial charge in [0.25, 0.3) is 0 Å². The van der Waals surface area contributed by atoms with Crippen LogP contribution in [0.5, 0.6) is 5.75 Å². The van der Waals surface area contributed by atoms with Gasteiger partial charge >= 0.3 is 59.1 Å². The number of hydrogen-bond donors (Lipinski definition) is 1. The van der Waals surface area contributed by atoms with Crippen molar-refractivity contribution in [1.29, 1.82) is 0 Å². The first-order valence-electron chi connectivity index (χ1n) is 6.61. The van der Waals surface area contributed by atoms with Crippen LogP contribution >= 0.6 is 0 Å². The minimum absolute atomic E-state index is 0. The summed E-state index contributed by atoms with van der Waals surface area (Å²) in [6.45, 7) is 2.25. The second-order valence-electron chi connectivity index (χ2n) is 4.50. The van der Waals surface area contributed by atoms with Gasteiger partial charge in [0.1, 0.15) is 5.75 Å². The molecule has 0 saturated heterocycles. The van der Waals surface area contributed by atoms with Crippen molar-refractivity contribution in [3.8, 4) is 5.75 Å². The number of benzene rings is 1. The van der Waals surface area contributed by atoms with Gasteiger partial charge in [-0.15, -0.1) is 0 Å². The monoisotopic (exact) mass is 268 g/mol. The first-order chi connectivity index (χ1) is 7.84. The Morgan fingerprint density at radius 2 is 1.39 bits per heavy atom. The maximum atomic E-state index is 9.58. The van der Waals surface area contributed by atoms with Crippen LogP contribution in [-0.4, -0.2) is 64.2 Å². The molecule has 1 rings (SSSR count). The molecule has 0 bridgehead atoms. The Kier molecular flexibility index (Phi) is 17.1. The molecule has 0 atom stereocenters. The van der Waals surface area contributed by atoms with E-state index in [4.69, 9.17) is 0 Å². The van der Waals surface area contributed by atoms with Crippen LogP contribution in [0.1, 0.15) is 57.4 Å². The molecule has 0 spiro atoms. The number of aryl methyl sites for hydroxylation is 1. The zero-order valence-corrected chi connectivity index (χ0v) is 10.4. The Labute approximate surface area is 156 Å². The maximum absolute atomic E-state index is 9.58. The summed E-state index contributed by atoms with van der Waals surface area (Å²) in [5, 5.41) is 9.58. The van der Waals surface area contributed by atoms with Crippen molar-refractivity contribution in [2.45, 2.75) is 58.3 Å². The predicted molar refractivity (Wildman–Crippen MR) is 84.1 cm³/mol. The molecule has 1 aromatic carbocycles. The molecule has 0 aliphatic rings. The zero-order valence-electron chi connectivity index (χ0n) is 10.4. The molecule has 0 aromatic heterocycles. The summed E-state index contributed by atoms with van der Waals surface area (Å²) in [5.41, 5.74) is 1.09. The summed E-state index contributed by atoms with van der Waals surface area (Å²) in [7, 11) is 0. The molecule has 0 heterocycles. The van der Waals surface area contributed by atoms with Gasteiger partial charge in [-0.1, -0.05) is 63.6 Å². The molecule has 94 valence electrons. The number of phenols is 1. The number of rotatable bonds is 8. The number of phenolic OH excluding ortho intramolecular Hbond substituents is 1. The van der Waals surface area contributed by atoms with Crippen molar-refractivity contribution in [2.24, 2.45) is 0 Å². The van der Waals surface area contributed by atoms with Gasteiger partial charge in [0.15, 0.2) is 0 Å². The molecule has 0 fully saturated rings. The molecule has 0 aliphatic carbocycles. The van der Waals surface area contributed by atoms with Crippen LogP contribution in [0, 0.1) is 0 Å². The van der Waals surface area contributed by atoms with Crippen molar-refractivity contribution >= 4 is 59.1 Å². The van der Waals surface area contributed by atoms with E-state index in [0.29, 0.717) is 5.75 Å². The van der Waals surface area contributed by atoms with Gasteiger partial charge in [0, 0.05) is 0 Å². The molecular formula is C15H26Na2O. The average Bonchev–Trinajstić information content (AvgIpc) is 2.30. The van der Waals surface area contributed by atoms with E-state index in [9.17, 15) is 5.11 Å². The standard InChI is InChI=1S/C15H24O.2Na.2H/c1-2-3-4-5-6-7-8-11-14-12-9-10-13-15(14)16;;;;/h9-10,12-13,16H,2-8,11H2,1H3;;;;. The van der Waals surface area contributed by atoms with Crippen molar-refractivity contribution in [1.82, 2.24) is 0 Å². The number of para-hydroxylation sites is 1. The van der Waals surface area contributed by atoms with E-state index in [1.54, 1.807) is 6.07 Å². The Morgan fingerprint density at radius 1 is 0.833 bits per heavy atom. The van der Waals surface area contributed by atoms with Gasteiger partial charge in [0.05, 0.1) is 0 Å². The van der Waals surface area contributed by atoms with Gasteiger partial charge in [0.2, 0.25) is 0 Å². The van der Waals surface area contributed by atoms with E-state index in [0.717, 1.165) is 12.0 Å². The van der Waals surface area contributed by atoms with Gasteiger partial charge in [-0.2, -0.15) is 0 Å². The van der Waals surface area contributed by atoms with Crippen LogP contribution in [-0.2, 0) is 6.42 Å². The van der Waals surface area contributed by atoms with Crippen molar-refractivity contribution in [3.05, 3.63) is 29.8 Å². The van der Waals surface area contributed by atoms with Gasteiger partial charge in [-0.05, 0) is 24.5 Å². The van der Waals surface area contributed by atoms with Gasteiger partial charge in [-0.25, -0.2) is 0 Å². The third kappa shape index (κ3) is 9.89. The molecule has 0 saturated carbocycles.